The second-order valence-electron chi connectivity index (χ2n) is 7.58. The van der Waals surface area contributed by atoms with Crippen LogP contribution in [0.4, 0.5) is 0 Å². The van der Waals surface area contributed by atoms with Crippen molar-refractivity contribution in [2.24, 2.45) is 5.10 Å². The number of fused-ring (bicyclic) bond motifs is 1. The molecule has 0 aliphatic heterocycles. The van der Waals surface area contributed by atoms with E-state index in [0.29, 0.717) is 33.9 Å². The summed E-state index contributed by atoms with van der Waals surface area (Å²) in [5, 5.41) is 4.52. The molecule has 0 radical (unpaired) electrons. The molecule has 0 aliphatic rings. The summed E-state index contributed by atoms with van der Waals surface area (Å²) in [7, 11) is 1.56. The highest BCUT2D eigenvalue weighted by Crippen LogP contribution is 2.28. The molecule has 1 N–H and O–H groups in total. The van der Waals surface area contributed by atoms with Gasteiger partial charge >= 0.3 is 0 Å². The first kappa shape index (κ1) is 24.6. The first-order chi connectivity index (χ1) is 17.0. The van der Waals surface area contributed by atoms with Gasteiger partial charge in [-0.1, -0.05) is 35.0 Å². The molecule has 4 rings (SSSR count). The number of aryl methyl sites for hydroxylation is 1. The Balaban J connectivity index is 1.36. The molecule has 180 valence electrons. The molecule has 8 nitrogen and oxygen atoms in total. The van der Waals surface area contributed by atoms with Gasteiger partial charge in [0.25, 0.3) is 11.5 Å². The molecule has 2 aromatic heterocycles. The summed E-state index contributed by atoms with van der Waals surface area (Å²) in [6.45, 7) is 2.25. The number of aromatic nitrogens is 2. The van der Waals surface area contributed by atoms with Crippen molar-refractivity contribution in [3.8, 4) is 11.5 Å². The number of nitrogens with one attached hydrogen (secondary N) is 1. The number of carbonyl (C=O) groups is 1. The van der Waals surface area contributed by atoms with Crippen molar-refractivity contribution in [2.75, 3.05) is 7.11 Å². The lowest BCUT2D eigenvalue weighted by molar-refractivity contribution is -0.121. The number of methoxy groups -OCH3 is 1. The molecular formula is C25H23BrN4O4S. The SMILES string of the molecule is CCc1cc2c(=O)n(CC(=O)N/N=C/c3ccc(OCc4ccc(Br)cc4)c(OC)c3)cnc2s1. The standard InChI is InChI=1S/C25H23BrN4O4S/c1-3-19-11-20-24(35-19)27-15-30(25(20)32)13-23(31)29-28-12-17-6-9-21(22(10-17)33-2)34-14-16-4-7-18(26)8-5-16/h4-12,15H,3,13-14H2,1-2H3,(H,29,31)/b28-12+. The maximum Gasteiger partial charge on any atom is 0.262 e. The summed E-state index contributed by atoms with van der Waals surface area (Å²) in [5.41, 5.74) is 3.94. The molecule has 0 fully saturated rings. The van der Waals surface area contributed by atoms with E-state index in [-0.39, 0.29) is 12.1 Å². The van der Waals surface area contributed by atoms with E-state index in [1.165, 1.54) is 28.4 Å². The predicted octanol–water partition coefficient (Wildman–Crippen LogP) is 4.52. The van der Waals surface area contributed by atoms with Gasteiger partial charge in [0.05, 0.1) is 25.0 Å². The molecular weight excluding hydrogens is 532 g/mol. The fourth-order valence-corrected chi connectivity index (χ4v) is 4.48. The summed E-state index contributed by atoms with van der Waals surface area (Å²) in [6, 6.07) is 15.1. The highest BCUT2D eigenvalue weighted by molar-refractivity contribution is 9.10. The lowest BCUT2D eigenvalue weighted by Gasteiger charge is -2.11. The van der Waals surface area contributed by atoms with Crippen LogP contribution in [0.1, 0.15) is 22.9 Å². The molecule has 0 unspecified atom stereocenters. The van der Waals surface area contributed by atoms with Crippen molar-refractivity contribution in [2.45, 2.75) is 26.5 Å². The topological polar surface area (TPSA) is 94.8 Å². The average Bonchev–Trinajstić information content (AvgIpc) is 3.30. The third kappa shape index (κ3) is 6.14. The maximum atomic E-state index is 12.6. The minimum atomic E-state index is -0.433. The summed E-state index contributed by atoms with van der Waals surface area (Å²) in [4.78, 5) is 31.0. The van der Waals surface area contributed by atoms with Crippen LogP contribution in [-0.4, -0.2) is 28.8 Å². The number of amides is 1. The smallest absolute Gasteiger partial charge is 0.262 e. The van der Waals surface area contributed by atoms with Gasteiger partial charge in [0.15, 0.2) is 11.5 Å². The minimum absolute atomic E-state index is 0.178. The molecule has 0 atom stereocenters. The largest absolute Gasteiger partial charge is 0.493 e. The van der Waals surface area contributed by atoms with Crippen LogP contribution in [0.5, 0.6) is 11.5 Å². The number of hydrazone groups is 1. The fourth-order valence-electron chi connectivity index (χ4n) is 3.29. The van der Waals surface area contributed by atoms with Gasteiger partial charge in [-0.15, -0.1) is 11.3 Å². The van der Waals surface area contributed by atoms with Crippen molar-refractivity contribution in [1.29, 1.82) is 0 Å². The zero-order valence-electron chi connectivity index (χ0n) is 19.2. The zero-order valence-corrected chi connectivity index (χ0v) is 21.6. The number of hydrogen-bond acceptors (Lipinski definition) is 7. The number of benzene rings is 2. The molecule has 0 aliphatic carbocycles. The zero-order chi connectivity index (χ0) is 24.8. The number of rotatable bonds is 9. The highest BCUT2D eigenvalue weighted by atomic mass is 79.9. The molecule has 0 spiro atoms. The van der Waals surface area contributed by atoms with Crippen molar-refractivity contribution >= 4 is 49.6 Å². The maximum absolute atomic E-state index is 12.6. The Morgan fingerprint density at radius 1 is 1.20 bits per heavy atom. The van der Waals surface area contributed by atoms with E-state index >= 15 is 0 Å². The van der Waals surface area contributed by atoms with Crippen molar-refractivity contribution in [3.05, 3.63) is 85.7 Å². The molecule has 2 heterocycles. The number of ether oxygens (including phenoxy) is 2. The van der Waals surface area contributed by atoms with Gasteiger partial charge in [0.2, 0.25) is 0 Å². The number of hydrogen-bond donors (Lipinski definition) is 1. The van der Waals surface area contributed by atoms with Crippen LogP contribution in [0.15, 0.2) is 69.2 Å². The minimum Gasteiger partial charge on any atom is -0.493 e. The Kier molecular flexibility index (Phi) is 7.94. The van der Waals surface area contributed by atoms with Crippen molar-refractivity contribution in [3.63, 3.8) is 0 Å². The Morgan fingerprint density at radius 2 is 2.00 bits per heavy atom. The number of nitrogens with zero attached hydrogens (tertiary/aromatic N) is 3. The summed E-state index contributed by atoms with van der Waals surface area (Å²) in [6.07, 6.45) is 3.72. The van der Waals surface area contributed by atoms with Gasteiger partial charge in [-0.25, -0.2) is 10.4 Å². The van der Waals surface area contributed by atoms with Crippen LogP contribution in [0, 0.1) is 0 Å². The normalized spacial score (nSPS) is 11.2. The van der Waals surface area contributed by atoms with Crippen LogP contribution < -0.4 is 20.5 Å². The Morgan fingerprint density at radius 3 is 2.74 bits per heavy atom. The van der Waals surface area contributed by atoms with Gasteiger partial charge < -0.3 is 9.47 Å². The first-order valence-corrected chi connectivity index (χ1v) is 12.4. The van der Waals surface area contributed by atoms with Gasteiger partial charge in [-0.3, -0.25) is 14.2 Å². The first-order valence-electron chi connectivity index (χ1n) is 10.8. The average molecular weight is 555 g/mol. The van der Waals surface area contributed by atoms with E-state index in [0.717, 1.165) is 21.3 Å². The fraction of sp³-hybridized carbons (Fsp3) is 0.200. The third-order valence-electron chi connectivity index (χ3n) is 5.13. The second kappa shape index (κ2) is 11.3. The Bertz CT molecular complexity index is 1430. The molecule has 0 saturated heterocycles. The molecule has 2 aromatic carbocycles. The van der Waals surface area contributed by atoms with Crippen LogP contribution in [-0.2, 0) is 24.4 Å². The molecule has 1 amide bonds. The Hall–Kier alpha value is -3.50. The van der Waals surface area contributed by atoms with Crippen molar-refractivity contribution in [1.82, 2.24) is 15.0 Å². The van der Waals surface area contributed by atoms with E-state index in [9.17, 15) is 9.59 Å². The van der Waals surface area contributed by atoms with E-state index in [4.69, 9.17) is 9.47 Å². The number of halogens is 1. The number of carbonyl (C=O) groups excluding carboxylic acids is 1. The molecule has 10 heteroatoms. The second-order valence-corrected chi connectivity index (χ2v) is 9.61. The molecule has 4 aromatic rings. The summed E-state index contributed by atoms with van der Waals surface area (Å²) >= 11 is 4.90. The van der Waals surface area contributed by atoms with Gasteiger partial charge in [-0.05, 0) is 53.9 Å². The summed E-state index contributed by atoms with van der Waals surface area (Å²) < 4.78 is 13.6. The number of thiophene rings is 1. The molecule has 0 saturated carbocycles. The van der Waals surface area contributed by atoms with Crippen LogP contribution in [0.25, 0.3) is 10.2 Å². The Labute approximate surface area is 214 Å². The van der Waals surface area contributed by atoms with E-state index < -0.39 is 5.91 Å². The highest BCUT2D eigenvalue weighted by Gasteiger charge is 2.11. The predicted molar refractivity (Wildman–Crippen MR) is 140 cm³/mol. The van der Waals surface area contributed by atoms with Crippen LogP contribution in [0.3, 0.4) is 0 Å². The van der Waals surface area contributed by atoms with Crippen molar-refractivity contribution < 1.29 is 14.3 Å². The van der Waals surface area contributed by atoms with Crippen LogP contribution in [0.2, 0.25) is 0 Å². The van der Waals surface area contributed by atoms with Gasteiger partial charge in [0, 0.05) is 9.35 Å². The van der Waals surface area contributed by atoms with Gasteiger partial charge in [-0.2, -0.15) is 5.10 Å². The third-order valence-corrected chi connectivity index (χ3v) is 6.85. The van der Waals surface area contributed by atoms with Gasteiger partial charge in [0.1, 0.15) is 18.0 Å². The van der Waals surface area contributed by atoms with E-state index in [1.54, 1.807) is 25.3 Å². The van der Waals surface area contributed by atoms with Crippen LogP contribution >= 0.6 is 27.3 Å². The van der Waals surface area contributed by atoms with E-state index in [2.05, 4.69) is 31.4 Å². The monoisotopic (exact) mass is 554 g/mol. The summed E-state index contributed by atoms with van der Waals surface area (Å²) in [5.74, 6) is 0.709. The quantitative estimate of drug-likeness (QED) is 0.242. The molecule has 35 heavy (non-hydrogen) atoms. The lowest BCUT2D eigenvalue weighted by atomic mass is 10.2. The lowest BCUT2D eigenvalue weighted by Crippen LogP contribution is -2.29. The van der Waals surface area contributed by atoms with E-state index in [1.807, 2.05) is 37.3 Å². The molecule has 0 bridgehead atoms.